The first-order valence-corrected chi connectivity index (χ1v) is 11.1. The highest BCUT2D eigenvalue weighted by Gasteiger charge is 2.41. The normalized spacial score (nSPS) is 16.8. The maximum Gasteiger partial charge on any atom is 0.289 e. The van der Waals surface area contributed by atoms with E-state index < -0.39 is 16.3 Å². The van der Waals surface area contributed by atoms with E-state index in [1.165, 1.54) is 22.7 Å². The standard InChI is InChI=1S/C20H23N7O3S/c1-25(2)31(29,30)27-13-12-26-18(17(27)16-6-4-3-5-7-16)23-24-19(26)20(28)22-14-15-8-10-21-11-9-15/h3-11,17H,12-14H2,1-2H3,(H,22,28). The maximum atomic E-state index is 13.0. The first-order chi connectivity index (χ1) is 14.9. The third-order valence-corrected chi connectivity index (χ3v) is 7.04. The van der Waals surface area contributed by atoms with Gasteiger partial charge in [-0.05, 0) is 23.3 Å². The van der Waals surface area contributed by atoms with Gasteiger partial charge < -0.3 is 9.88 Å². The molecule has 0 radical (unpaired) electrons. The van der Waals surface area contributed by atoms with E-state index in [0.29, 0.717) is 12.4 Å². The highest BCUT2D eigenvalue weighted by atomic mass is 32.2. The number of hydrogen-bond donors (Lipinski definition) is 1. The fourth-order valence-electron chi connectivity index (χ4n) is 3.53. The molecule has 0 bridgehead atoms. The zero-order chi connectivity index (χ0) is 22.0. The van der Waals surface area contributed by atoms with E-state index in [1.54, 1.807) is 17.0 Å². The Hall–Kier alpha value is -3.15. The molecule has 31 heavy (non-hydrogen) atoms. The van der Waals surface area contributed by atoms with Crippen LogP contribution in [0.3, 0.4) is 0 Å². The predicted octanol–water partition coefficient (Wildman–Crippen LogP) is 0.815. The quantitative estimate of drug-likeness (QED) is 0.606. The van der Waals surface area contributed by atoms with E-state index in [0.717, 1.165) is 11.1 Å². The Labute approximate surface area is 180 Å². The SMILES string of the molecule is CN(C)S(=O)(=O)N1CCn2c(C(=O)NCc3ccncc3)nnc2C1c1ccccc1. The molecule has 1 atom stereocenters. The number of nitrogens with one attached hydrogen (secondary N) is 1. The van der Waals surface area contributed by atoms with E-state index in [2.05, 4.69) is 20.5 Å². The van der Waals surface area contributed by atoms with Crippen LogP contribution in [-0.2, 0) is 23.3 Å². The van der Waals surface area contributed by atoms with Crippen LogP contribution in [0.5, 0.6) is 0 Å². The summed E-state index contributed by atoms with van der Waals surface area (Å²) in [5.74, 6) is 0.204. The third kappa shape index (κ3) is 4.07. The van der Waals surface area contributed by atoms with Crippen molar-refractivity contribution in [1.29, 1.82) is 0 Å². The lowest BCUT2D eigenvalue weighted by Crippen LogP contribution is -2.48. The first kappa shape index (κ1) is 21.1. The molecular formula is C20H23N7O3S. The molecule has 1 aromatic carbocycles. The highest BCUT2D eigenvalue weighted by Crippen LogP contribution is 2.33. The van der Waals surface area contributed by atoms with Crippen LogP contribution in [0.1, 0.15) is 33.6 Å². The lowest BCUT2D eigenvalue weighted by atomic mass is 10.0. The van der Waals surface area contributed by atoms with Crippen molar-refractivity contribution in [3.05, 3.63) is 77.6 Å². The Kier molecular flexibility index (Phi) is 5.81. The first-order valence-electron chi connectivity index (χ1n) is 9.74. The Bertz CT molecular complexity index is 1160. The fourth-order valence-corrected chi connectivity index (χ4v) is 4.75. The van der Waals surface area contributed by atoms with E-state index in [1.807, 2.05) is 42.5 Å². The van der Waals surface area contributed by atoms with Gasteiger partial charge in [0.05, 0.1) is 0 Å². The van der Waals surface area contributed by atoms with Gasteiger partial charge in [-0.15, -0.1) is 10.2 Å². The molecule has 1 aliphatic rings. The van der Waals surface area contributed by atoms with Crippen LogP contribution in [0.15, 0.2) is 54.9 Å². The fraction of sp³-hybridized carbons (Fsp3) is 0.300. The van der Waals surface area contributed by atoms with E-state index in [-0.39, 0.29) is 24.8 Å². The Morgan fingerprint density at radius 3 is 2.48 bits per heavy atom. The number of carbonyl (C=O) groups is 1. The second-order valence-corrected chi connectivity index (χ2v) is 9.38. The molecule has 0 saturated carbocycles. The van der Waals surface area contributed by atoms with Crippen LogP contribution in [-0.4, -0.2) is 63.3 Å². The van der Waals surface area contributed by atoms with Crippen LogP contribution in [0.25, 0.3) is 0 Å². The Morgan fingerprint density at radius 1 is 1.10 bits per heavy atom. The van der Waals surface area contributed by atoms with Crippen molar-refractivity contribution in [2.75, 3.05) is 20.6 Å². The summed E-state index contributed by atoms with van der Waals surface area (Å²) in [5, 5.41) is 11.2. The van der Waals surface area contributed by atoms with Gasteiger partial charge in [0.1, 0.15) is 6.04 Å². The molecule has 3 heterocycles. The van der Waals surface area contributed by atoms with Gasteiger partial charge in [-0.3, -0.25) is 9.78 Å². The van der Waals surface area contributed by atoms with Crippen molar-refractivity contribution in [1.82, 2.24) is 33.7 Å². The summed E-state index contributed by atoms with van der Waals surface area (Å²) in [6, 6.07) is 12.2. The van der Waals surface area contributed by atoms with Crippen molar-refractivity contribution in [2.45, 2.75) is 19.1 Å². The molecular weight excluding hydrogens is 418 g/mol. The number of benzene rings is 1. The van der Waals surface area contributed by atoms with Gasteiger partial charge in [-0.25, -0.2) is 0 Å². The van der Waals surface area contributed by atoms with Crippen molar-refractivity contribution in [3.63, 3.8) is 0 Å². The summed E-state index contributed by atoms with van der Waals surface area (Å²) in [7, 11) is -0.729. The number of amides is 1. The van der Waals surface area contributed by atoms with Crippen molar-refractivity contribution >= 4 is 16.1 Å². The molecule has 10 nitrogen and oxygen atoms in total. The van der Waals surface area contributed by atoms with Crippen molar-refractivity contribution < 1.29 is 13.2 Å². The summed E-state index contributed by atoms with van der Waals surface area (Å²) in [4.78, 5) is 16.8. The topological polar surface area (TPSA) is 113 Å². The van der Waals surface area contributed by atoms with Gasteiger partial charge in [0.25, 0.3) is 16.1 Å². The number of rotatable bonds is 6. The van der Waals surface area contributed by atoms with Gasteiger partial charge in [0, 0.05) is 46.1 Å². The second-order valence-electron chi connectivity index (χ2n) is 7.29. The molecule has 2 aromatic heterocycles. The van der Waals surface area contributed by atoms with Crippen LogP contribution >= 0.6 is 0 Å². The smallest absolute Gasteiger partial charge is 0.289 e. The zero-order valence-corrected chi connectivity index (χ0v) is 18.0. The lowest BCUT2D eigenvalue weighted by molar-refractivity contribution is 0.0933. The van der Waals surface area contributed by atoms with E-state index in [4.69, 9.17) is 0 Å². The predicted molar refractivity (Wildman–Crippen MR) is 113 cm³/mol. The zero-order valence-electron chi connectivity index (χ0n) is 17.2. The van der Waals surface area contributed by atoms with Gasteiger partial charge in [-0.1, -0.05) is 30.3 Å². The average Bonchev–Trinajstić information content (AvgIpc) is 3.22. The molecule has 1 unspecified atom stereocenters. The molecule has 1 aliphatic heterocycles. The van der Waals surface area contributed by atoms with Crippen LogP contribution < -0.4 is 5.32 Å². The van der Waals surface area contributed by atoms with Crippen LogP contribution in [0.4, 0.5) is 0 Å². The van der Waals surface area contributed by atoms with Crippen molar-refractivity contribution in [3.8, 4) is 0 Å². The summed E-state index contributed by atoms with van der Waals surface area (Å²) >= 11 is 0. The minimum atomic E-state index is -3.72. The van der Waals surface area contributed by atoms with Gasteiger partial charge >= 0.3 is 0 Å². The number of carbonyl (C=O) groups excluding carboxylic acids is 1. The summed E-state index contributed by atoms with van der Waals surface area (Å²) in [6.07, 6.45) is 3.31. The summed E-state index contributed by atoms with van der Waals surface area (Å²) in [5.41, 5.74) is 1.66. The molecule has 0 aliphatic carbocycles. The molecule has 11 heteroatoms. The summed E-state index contributed by atoms with van der Waals surface area (Å²) < 4.78 is 30.2. The third-order valence-electron chi connectivity index (χ3n) is 5.13. The summed E-state index contributed by atoms with van der Waals surface area (Å²) in [6.45, 7) is 0.791. The molecule has 0 spiro atoms. The number of hydrogen-bond acceptors (Lipinski definition) is 6. The average molecular weight is 442 g/mol. The number of fused-ring (bicyclic) bond motifs is 1. The van der Waals surface area contributed by atoms with Gasteiger partial charge in [0.2, 0.25) is 5.82 Å². The van der Waals surface area contributed by atoms with Crippen LogP contribution in [0, 0.1) is 0 Å². The number of nitrogens with zero attached hydrogens (tertiary/aromatic N) is 6. The monoisotopic (exact) mass is 441 g/mol. The lowest BCUT2D eigenvalue weighted by Gasteiger charge is -2.36. The van der Waals surface area contributed by atoms with Crippen LogP contribution in [0.2, 0.25) is 0 Å². The molecule has 0 fully saturated rings. The van der Waals surface area contributed by atoms with E-state index in [9.17, 15) is 13.2 Å². The van der Waals surface area contributed by atoms with Crippen molar-refractivity contribution in [2.24, 2.45) is 0 Å². The second kappa shape index (κ2) is 8.53. The van der Waals surface area contributed by atoms with Gasteiger partial charge in [0.15, 0.2) is 5.82 Å². The largest absolute Gasteiger partial charge is 0.345 e. The molecule has 3 aromatic rings. The molecule has 4 rings (SSSR count). The minimum Gasteiger partial charge on any atom is -0.345 e. The van der Waals surface area contributed by atoms with E-state index >= 15 is 0 Å². The Balaban J connectivity index is 1.67. The van der Waals surface area contributed by atoms with Gasteiger partial charge in [-0.2, -0.15) is 17.0 Å². The molecule has 162 valence electrons. The maximum absolute atomic E-state index is 13.0. The Morgan fingerprint density at radius 2 is 1.81 bits per heavy atom. The molecule has 1 N–H and O–H groups in total. The number of pyridine rings is 1. The highest BCUT2D eigenvalue weighted by molar-refractivity contribution is 7.86. The number of aromatic nitrogens is 4. The molecule has 1 amide bonds. The minimum absolute atomic E-state index is 0.159. The molecule has 0 saturated heterocycles.